The van der Waals surface area contributed by atoms with Crippen molar-refractivity contribution in [1.82, 2.24) is 0 Å². The fourth-order valence-corrected chi connectivity index (χ4v) is 1.70. The molecule has 0 heterocycles. The van der Waals surface area contributed by atoms with Gasteiger partial charge in [-0.15, -0.1) is 0 Å². The van der Waals surface area contributed by atoms with Crippen molar-refractivity contribution in [1.29, 1.82) is 0 Å². The van der Waals surface area contributed by atoms with E-state index in [4.69, 9.17) is 4.74 Å². The predicted molar refractivity (Wildman–Crippen MR) is 65.5 cm³/mol. The molecule has 17 heavy (non-hydrogen) atoms. The highest BCUT2D eigenvalue weighted by Crippen LogP contribution is 2.18. The molecule has 0 aliphatic heterocycles. The first kappa shape index (κ1) is 11.8. The average molecular weight is 295 g/mol. The smallest absolute Gasteiger partial charge is 0.343 e. The monoisotopic (exact) mass is 294 g/mol. The zero-order chi connectivity index (χ0) is 12.3. The zero-order valence-corrected chi connectivity index (χ0v) is 10.3. The van der Waals surface area contributed by atoms with Crippen molar-refractivity contribution in [2.75, 3.05) is 0 Å². The first-order chi connectivity index (χ1) is 8.16. The van der Waals surface area contributed by atoms with Crippen molar-refractivity contribution < 1.29 is 13.9 Å². The lowest BCUT2D eigenvalue weighted by Gasteiger charge is -2.05. The van der Waals surface area contributed by atoms with E-state index in [0.717, 1.165) is 4.47 Å². The number of carbonyl (C=O) groups excluding carboxylic acids is 1. The highest BCUT2D eigenvalue weighted by Gasteiger charge is 2.11. The molecule has 0 atom stereocenters. The minimum absolute atomic E-state index is 0.0718. The van der Waals surface area contributed by atoms with Crippen LogP contribution in [0, 0.1) is 5.82 Å². The molecule has 0 unspecified atom stereocenters. The maximum Gasteiger partial charge on any atom is 0.343 e. The Hall–Kier alpha value is -1.68. The molecule has 4 heteroatoms. The van der Waals surface area contributed by atoms with Crippen molar-refractivity contribution in [3.05, 3.63) is 64.4 Å². The SMILES string of the molecule is O=C(Oc1ccccc1F)c1cccc(Br)c1. The number of para-hydroxylation sites is 1. The van der Waals surface area contributed by atoms with Gasteiger partial charge in [0.1, 0.15) is 0 Å². The van der Waals surface area contributed by atoms with E-state index in [9.17, 15) is 9.18 Å². The molecule has 2 aromatic carbocycles. The molecule has 0 aromatic heterocycles. The number of ether oxygens (including phenoxy) is 1. The van der Waals surface area contributed by atoms with E-state index >= 15 is 0 Å². The summed E-state index contributed by atoms with van der Waals surface area (Å²) in [6.07, 6.45) is 0. The van der Waals surface area contributed by atoms with Gasteiger partial charge < -0.3 is 4.74 Å². The van der Waals surface area contributed by atoms with Crippen molar-refractivity contribution in [3.63, 3.8) is 0 Å². The number of halogens is 2. The zero-order valence-electron chi connectivity index (χ0n) is 8.69. The third kappa shape index (κ3) is 2.91. The second-order valence-electron chi connectivity index (χ2n) is 3.33. The van der Waals surface area contributed by atoms with Crippen LogP contribution in [0.1, 0.15) is 10.4 Å². The summed E-state index contributed by atoms with van der Waals surface area (Å²) in [5.74, 6) is -1.22. The van der Waals surface area contributed by atoms with E-state index < -0.39 is 11.8 Å². The maximum atomic E-state index is 13.3. The van der Waals surface area contributed by atoms with Gasteiger partial charge in [0.2, 0.25) is 0 Å². The van der Waals surface area contributed by atoms with Crippen LogP contribution in [0.25, 0.3) is 0 Å². The van der Waals surface area contributed by atoms with Gasteiger partial charge in [-0.2, -0.15) is 0 Å². The lowest BCUT2D eigenvalue weighted by atomic mass is 10.2. The Morgan fingerprint density at radius 3 is 2.59 bits per heavy atom. The molecule has 0 radical (unpaired) electrons. The van der Waals surface area contributed by atoms with E-state index in [0.29, 0.717) is 5.56 Å². The third-order valence-electron chi connectivity index (χ3n) is 2.10. The summed E-state index contributed by atoms with van der Waals surface area (Å²) < 4.78 is 19.0. The van der Waals surface area contributed by atoms with Crippen LogP contribution < -0.4 is 4.74 Å². The molecule has 0 bridgehead atoms. The molecule has 0 N–H and O–H groups in total. The highest BCUT2D eigenvalue weighted by atomic mass is 79.9. The van der Waals surface area contributed by atoms with E-state index in [2.05, 4.69) is 15.9 Å². The van der Waals surface area contributed by atoms with Gasteiger partial charge in [0.25, 0.3) is 0 Å². The molecule has 0 aliphatic carbocycles. The summed E-state index contributed by atoms with van der Waals surface area (Å²) in [5.41, 5.74) is 0.364. The Kier molecular flexibility index (Phi) is 3.54. The van der Waals surface area contributed by atoms with Crippen LogP contribution in [0.5, 0.6) is 5.75 Å². The van der Waals surface area contributed by atoms with E-state index in [1.54, 1.807) is 30.3 Å². The number of rotatable bonds is 2. The standard InChI is InChI=1S/C13H8BrFO2/c14-10-5-3-4-9(8-10)13(16)17-12-7-2-1-6-11(12)15/h1-8H. The van der Waals surface area contributed by atoms with E-state index in [-0.39, 0.29) is 5.75 Å². The van der Waals surface area contributed by atoms with Crippen LogP contribution in [-0.4, -0.2) is 5.97 Å². The molecule has 0 spiro atoms. The molecule has 0 saturated heterocycles. The molecule has 2 nitrogen and oxygen atoms in total. The number of esters is 1. The van der Waals surface area contributed by atoms with E-state index in [1.165, 1.54) is 18.2 Å². The lowest BCUT2D eigenvalue weighted by Crippen LogP contribution is -2.09. The van der Waals surface area contributed by atoms with Crippen LogP contribution in [0.15, 0.2) is 53.0 Å². The van der Waals surface area contributed by atoms with Gasteiger partial charge in [-0.05, 0) is 30.3 Å². The van der Waals surface area contributed by atoms with Crippen LogP contribution in [0.4, 0.5) is 4.39 Å². The second kappa shape index (κ2) is 5.10. The van der Waals surface area contributed by atoms with Gasteiger partial charge in [-0.25, -0.2) is 9.18 Å². The molecule has 0 saturated carbocycles. The van der Waals surface area contributed by atoms with Crippen LogP contribution >= 0.6 is 15.9 Å². The molecule has 2 rings (SSSR count). The third-order valence-corrected chi connectivity index (χ3v) is 2.59. The summed E-state index contributed by atoms with van der Waals surface area (Å²) in [6, 6.07) is 12.5. The van der Waals surface area contributed by atoms with Gasteiger partial charge in [-0.1, -0.05) is 34.1 Å². The summed E-state index contributed by atoms with van der Waals surface area (Å²) in [5, 5.41) is 0. The van der Waals surface area contributed by atoms with Crippen molar-refractivity contribution in [2.24, 2.45) is 0 Å². The summed E-state index contributed by atoms with van der Waals surface area (Å²) in [7, 11) is 0. The summed E-state index contributed by atoms with van der Waals surface area (Å²) in [4.78, 5) is 11.7. The molecule has 0 aliphatic rings. The van der Waals surface area contributed by atoms with Crippen LogP contribution in [-0.2, 0) is 0 Å². The number of benzene rings is 2. The van der Waals surface area contributed by atoms with Gasteiger partial charge in [-0.3, -0.25) is 0 Å². The minimum atomic E-state index is -0.587. The summed E-state index contributed by atoms with van der Waals surface area (Å²) >= 11 is 3.25. The van der Waals surface area contributed by atoms with Crippen molar-refractivity contribution in [2.45, 2.75) is 0 Å². The molecular formula is C13H8BrFO2. The highest BCUT2D eigenvalue weighted by molar-refractivity contribution is 9.10. The Bertz CT molecular complexity index is 555. The Labute approximate surface area is 106 Å². The topological polar surface area (TPSA) is 26.3 Å². The van der Waals surface area contributed by atoms with Crippen LogP contribution in [0.2, 0.25) is 0 Å². The predicted octanol–water partition coefficient (Wildman–Crippen LogP) is 3.81. The molecular weight excluding hydrogens is 287 g/mol. The molecule has 0 fully saturated rings. The lowest BCUT2D eigenvalue weighted by molar-refractivity contribution is 0.0728. The Morgan fingerprint density at radius 1 is 1.12 bits per heavy atom. The Morgan fingerprint density at radius 2 is 1.88 bits per heavy atom. The second-order valence-corrected chi connectivity index (χ2v) is 4.25. The minimum Gasteiger partial charge on any atom is -0.420 e. The largest absolute Gasteiger partial charge is 0.420 e. The number of carbonyl (C=O) groups is 1. The molecule has 0 amide bonds. The average Bonchev–Trinajstić information content (AvgIpc) is 2.32. The summed E-state index contributed by atoms with van der Waals surface area (Å²) in [6.45, 7) is 0. The van der Waals surface area contributed by atoms with Gasteiger partial charge in [0.05, 0.1) is 5.56 Å². The fraction of sp³-hybridized carbons (Fsp3) is 0. The first-order valence-corrected chi connectivity index (χ1v) is 5.68. The normalized spacial score (nSPS) is 10.0. The first-order valence-electron chi connectivity index (χ1n) is 4.89. The van der Waals surface area contributed by atoms with E-state index in [1.807, 2.05) is 0 Å². The van der Waals surface area contributed by atoms with Crippen molar-refractivity contribution >= 4 is 21.9 Å². The van der Waals surface area contributed by atoms with Gasteiger partial charge in [0, 0.05) is 4.47 Å². The van der Waals surface area contributed by atoms with Crippen LogP contribution in [0.3, 0.4) is 0 Å². The van der Waals surface area contributed by atoms with Crippen molar-refractivity contribution in [3.8, 4) is 5.75 Å². The number of hydrogen-bond donors (Lipinski definition) is 0. The quantitative estimate of drug-likeness (QED) is 0.622. The number of hydrogen-bond acceptors (Lipinski definition) is 2. The molecule has 86 valence electrons. The molecule has 2 aromatic rings. The fourth-order valence-electron chi connectivity index (χ4n) is 1.30. The Balaban J connectivity index is 2.20. The maximum absolute atomic E-state index is 13.3. The van der Waals surface area contributed by atoms with Gasteiger partial charge >= 0.3 is 5.97 Å². The van der Waals surface area contributed by atoms with Gasteiger partial charge in [0.15, 0.2) is 11.6 Å².